The average Bonchev–Trinajstić information content (AvgIpc) is 1.57. The Balaban J connectivity index is 0.00000769. The Hall–Kier alpha value is -13.9. The molecule has 0 aliphatic carbocycles. The van der Waals surface area contributed by atoms with Crippen LogP contribution in [0.1, 0.15) is 54.9 Å². The molecule has 500 valence electrons. The maximum absolute atomic E-state index is 15.7. The van der Waals surface area contributed by atoms with Gasteiger partial charge in [0.2, 0.25) is 0 Å². The Kier molecular flexibility index (Phi) is 15.4. The third-order valence-corrected chi connectivity index (χ3v) is 20.3. The van der Waals surface area contributed by atoms with Crippen molar-refractivity contribution < 1.29 is 26.1 Å². The summed E-state index contributed by atoms with van der Waals surface area (Å²) in [5.74, 6) is -0.915. The van der Waals surface area contributed by atoms with Crippen molar-refractivity contribution in [2.75, 3.05) is 4.90 Å². The molecular weight excluding hydrogens is 1350 g/mol. The van der Waals surface area contributed by atoms with E-state index < -0.39 is 11.8 Å². The molecule has 0 atom stereocenters. The predicted molar refractivity (Wildman–Crippen MR) is 426 cm³/mol. The minimum atomic E-state index is -0.458. The molecule has 0 saturated heterocycles. The predicted octanol–water partition coefficient (Wildman–Crippen LogP) is 22.2. The van der Waals surface area contributed by atoms with E-state index in [1.165, 1.54) is 4.90 Å². The van der Waals surface area contributed by atoms with Crippen LogP contribution >= 0.6 is 0 Å². The monoisotopic (exact) mass is 1400 g/mol. The van der Waals surface area contributed by atoms with Gasteiger partial charge in [0.05, 0.1) is 62.4 Å². The molecular formula is C94H57N9NiO2. The Bertz CT molecular complexity index is 6330. The third kappa shape index (κ3) is 10.6. The smallest absolute Gasteiger partial charge is 0.657 e. The fourth-order valence-electron chi connectivity index (χ4n) is 15.5. The SMILES string of the molecule is O=C1c2cc3c(cc2C(=O)N1c1ccc(-c2c4nc(c(-c5ccccc5)c5ccc([nH]5)c(-c5ccccc5)c5nc(c(-c6ccccc6)c6ccc2[nH]6)C=C5)C=C4)cc1)-c1nc-3c(-c2ccccc2)c2ccc([n-]2)c(-c2ccccc2)c2nc(c(-c3ccccc3)c3ccc([n-]3)c1-c1ccccc1)C=C2.[Ni+2]. The number of rotatable bonds is 9. The molecule has 15 aromatic rings. The maximum Gasteiger partial charge on any atom is 2.00 e. The number of hydrogen-bond acceptors (Lipinski definition) is 6. The third-order valence-electron chi connectivity index (χ3n) is 20.3. The molecule has 16 bridgehead atoms. The Morgan fingerprint density at radius 3 is 0.783 bits per heavy atom. The van der Waals surface area contributed by atoms with Crippen LogP contribution < -0.4 is 14.9 Å². The van der Waals surface area contributed by atoms with Crippen LogP contribution in [-0.4, -0.2) is 41.7 Å². The molecule has 2 amide bonds. The van der Waals surface area contributed by atoms with Crippen LogP contribution in [0.2, 0.25) is 0 Å². The van der Waals surface area contributed by atoms with Gasteiger partial charge in [-0.2, -0.15) is 0 Å². The first-order chi connectivity index (χ1) is 51.9. The molecule has 11 heterocycles. The largest absolute Gasteiger partial charge is 2.00 e. The molecule has 0 radical (unpaired) electrons. The van der Waals surface area contributed by atoms with Crippen molar-refractivity contribution in [3.63, 3.8) is 0 Å². The van der Waals surface area contributed by atoms with Crippen molar-refractivity contribution in [1.82, 2.24) is 39.9 Å². The Morgan fingerprint density at radius 1 is 0.245 bits per heavy atom. The van der Waals surface area contributed by atoms with Crippen LogP contribution in [-0.2, 0) is 16.5 Å². The summed E-state index contributed by atoms with van der Waals surface area (Å²) < 4.78 is 0. The van der Waals surface area contributed by atoms with E-state index in [1.54, 1.807) is 0 Å². The van der Waals surface area contributed by atoms with Gasteiger partial charge in [0, 0.05) is 55.4 Å². The normalized spacial score (nSPS) is 12.5. The number of nitrogens with one attached hydrogen (secondary N) is 2. The Labute approximate surface area is 619 Å². The van der Waals surface area contributed by atoms with Crippen LogP contribution in [0.15, 0.2) is 297 Å². The van der Waals surface area contributed by atoms with Gasteiger partial charge in [0.1, 0.15) is 0 Å². The second-order valence-electron chi connectivity index (χ2n) is 26.5. The zero-order chi connectivity index (χ0) is 69.6. The molecule has 5 aliphatic heterocycles. The summed E-state index contributed by atoms with van der Waals surface area (Å²) in [6.45, 7) is 0. The van der Waals surface area contributed by atoms with Crippen molar-refractivity contribution in [3.05, 3.63) is 343 Å². The van der Waals surface area contributed by atoms with Crippen molar-refractivity contribution in [2.24, 2.45) is 0 Å². The first-order valence-electron chi connectivity index (χ1n) is 35.0. The first kappa shape index (κ1) is 63.0. The van der Waals surface area contributed by atoms with Crippen LogP contribution in [0.4, 0.5) is 5.69 Å². The van der Waals surface area contributed by atoms with Crippen molar-refractivity contribution in [1.29, 1.82) is 0 Å². The molecule has 9 aromatic carbocycles. The number of imide groups is 1. The van der Waals surface area contributed by atoms with Gasteiger partial charge in [-0.15, -0.1) is 22.1 Å². The second kappa shape index (κ2) is 25.8. The van der Waals surface area contributed by atoms with Crippen LogP contribution in [0.25, 0.3) is 192 Å². The van der Waals surface area contributed by atoms with Crippen molar-refractivity contribution in [3.8, 4) is 112 Å². The molecule has 0 unspecified atom stereocenters. The number of hydrogen-bond donors (Lipinski definition) is 2. The van der Waals surface area contributed by atoms with Gasteiger partial charge in [-0.05, 0) is 152 Å². The van der Waals surface area contributed by atoms with Gasteiger partial charge < -0.3 is 19.9 Å². The van der Waals surface area contributed by atoms with Crippen molar-refractivity contribution >= 4 is 98.1 Å². The number of fused-ring (bicyclic) bond motifs is 20. The molecule has 2 N–H and O–H groups in total. The molecule has 11 nitrogen and oxygen atoms in total. The topological polar surface area (TPSA) is 149 Å². The van der Waals surface area contributed by atoms with Crippen LogP contribution in [0.3, 0.4) is 0 Å². The van der Waals surface area contributed by atoms with Gasteiger partial charge in [-0.3, -0.25) is 9.59 Å². The van der Waals surface area contributed by atoms with E-state index in [1.807, 2.05) is 164 Å². The number of aromatic amines is 2. The zero-order valence-electron chi connectivity index (χ0n) is 56.5. The van der Waals surface area contributed by atoms with Gasteiger partial charge in [0.25, 0.3) is 11.8 Å². The van der Waals surface area contributed by atoms with Gasteiger partial charge in [-0.1, -0.05) is 249 Å². The summed E-state index contributed by atoms with van der Waals surface area (Å²) >= 11 is 0. The molecule has 0 spiro atoms. The summed E-state index contributed by atoms with van der Waals surface area (Å²) in [4.78, 5) is 73.7. The minimum Gasteiger partial charge on any atom is -0.657 e. The summed E-state index contributed by atoms with van der Waals surface area (Å²) in [6, 6.07) is 100.0. The molecule has 5 aliphatic rings. The zero-order valence-corrected chi connectivity index (χ0v) is 57.5. The molecule has 0 saturated carbocycles. The summed E-state index contributed by atoms with van der Waals surface area (Å²) in [6.07, 6.45) is 12.5. The van der Waals surface area contributed by atoms with Crippen LogP contribution in [0.5, 0.6) is 0 Å². The minimum absolute atomic E-state index is 0. The fourth-order valence-corrected chi connectivity index (χ4v) is 15.5. The van der Waals surface area contributed by atoms with E-state index in [0.717, 1.165) is 156 Å². The number of nitrogens with zero attached hydrogens (tertiary/aromatic N) is 7. The van der Waals surface area contributed by atoms with E-state index in [2.05, 4.69) is 180 Å². The number of H-pyrrole nitrogens is 2. The Morgan fingerprint density at radius 2 is 0.491 bits per heavy atom. The first-order valence-corrected chi connectivity index (χ1v) is 35.0. The van der Waals surface area contributed by atoms with Crippen molar-refractivity contribution in [2.45, 2.75) is 0 Å². The fraction of sp³-hybridized carbons (Fsp3) is 0. The standard InChI is InChI=1S/C94H59N9O2.Ni/c104-93-67-54-65-66(92-90(62-34-20-7-21-35-62)82-53-51-78(101-82)87(60-30-16-5-17-31-60)76-45-44-75(97-76)86(59-28-14-4-15-29-59)77-50-52-81(100-77)89(91(65)102-92)61-32-18-6-19-33-61)55-68(67)94(105)103(93)64-38-36-63(37-39-64)88-79-48-46-73(98-79)84(57-24-10-2-11-25-57)71-42-40-69(95-71)83(56-22-8-1-9-23-56)70-41-43-72(96-70)85(58-26-12-3-13-27-58)74-47-49-80(88)99-74;/h1-55H,(H4,95,96,97,98,99,100,101,102,104,105);/q;+2/p-2. The number of amides is 2. The molecule has 6 aromatic heterocycles. The average molecular weight is 1400 g/mol. The summed E-state index contributed by atoms with van der Waals surface area (Å²) in [7, 11) is 0. The molecule has 0 fully saturated rings. The number of anilines is 1. The number of carbonyl (C=O) groups is 2. The van der Waals surface area contributed by atoms with Gasteiger partial charge >= 0.3 is 16.5 Å². The molecule has 20 rings (SSSR count). The quantitative estimate of drug-likeness (QED) is 0.107. The summed E-state index contributed by atoms with van der Waals surface area (Å²) in [5.41, 5.74) is 28.7. The number of aromatic nitrogens is 8. The van der Waals surface area contributed by atoms with E-state index in [-0.39, 0.29) is 27.6 Å². The second-order valence-corrected chi connectivity index (χ2v) is 26.5. The summed E-state index contributed by atoms with van der Waals surface area (Å²) in [5, 5.41) is 0. The number of carbonyl (C=O) groups excluding carboxylic acids is 2. The van der Waals surface area contributed by atoms with Gasteiger partial charge in [0.15, 0.2) is 0 Å². The van der Waals surface area contributed by atoms with E-state index in [4.69, 9.17) is 29.9 Å². The molecule has 12 heteroatoms. The van der Waals surface area contributed by atoms with Crippen LogP contribution in [0, 0.1) is 0 Å². The number of benzene rings is 9. The van der Waals surface area contributed by atoms with E-state index >= 15 is 9.59 Å². The maximum atomic E-state index is 15.7. The van der Waals surface area contributed by atoms with E-state index in [9.17, 15) is 0 Å². The molecule has 106 heavy (non-hydrogen) atoms. The van der Waals surface area contributed by atoms with Gasteiger partial charge in [-0.25, -0.2) is 24.8 Å². The van der Waals surface area contributed by atoms with E-state index in [0.29, 0.717) is 39.2 Å².